The summed E-state index contributed by atoms with van der Waals surface area (Å²) < 4.78 is 1.60. The fourth-order valence-corrected chi connectivity index (χ4v) is 4.46. The molecule has 0 bridgehead atoms. The third-order valence-electron chi connectivity index (χ3n) is 5.79. The summed E-state index contributed by atoms with van der Waals surface area (Å²) in [6.45, 7) is 3.37. The Labute approximate surface area is 178 Å². The molecule has 0 radical (unpaired) electrons. The Balaban J connectivity index is 0.00000261. The van der Waals surface area contributed by atoms with E-state index in [-0.39, 0.29) is 29.7 Å². The highest BCUT2D eigenvalue weighted by molar-refractivity contribution is 14.0. The van der Waals surface area contributed by atoms with Crippen LogP contribution in [0.25, 0.3) is 0 Å². The Hall–Kier alpha value is -1.39. The summed E-state index contributed by atoms with van der Waals surface area (Å²) >= 11 is 0. The minimum absolute atomic E-state index is 0. The largest absolute Gasteiger partial charge is 0.354 e. The van der Waals surface area contributed by atoms with Crippen LogP contribution in [0, 0.1) is 15.5 Å². The highest BCUT2D eigenvalue weighted by atomic mass is 127. The molecule has 0 aromatic carbocycles. The number of halogens is 1. The maximum absolute atomic E-state index is 10.7. The van der Waals surface area contributed by atoms with Crippen LogP contribution in [-0.4, -0.2) is 52.2 Å². The van der Waals surface area contributed by atoms with Gasteiger partial charge in [0.15, 0.2) is 5.96 Å². The highest BCUT2D eigenvalue weighted by Crippen LogP contribution is 2.42. The van der Waals surface area contributed by atoms with Gasteiger partial charge in [-0.15, -0.1) is 24.0 Å². The molecule has 1 aliphatic heterocycles. The van der Waals surface area contributed by atoms with Crippen LogP contribution in [0.5, 0.6) is 0 Å². The number of hydrogen-bond donors (Lipinski definition) is 1. The average molecular weight is 490 g/mol. The molecule has 2 heterocycles. The summed E-state index contributed by atoms with van der Waals surface area (Å²) in [5.41, 5.74) is 0.496. The molecule has 1 aromatic heterocycles. The second-order valence-corrected chi connectivity index (χ2v) is 7.63. The summed E-state index contributed by atoms with van der Waals surface area (Å²) in [6, 6.07) is 0. The minimum atomic E-state index is -0.421. The van der Waals surface area contributed by atoms with Gasteiger partial charge in [-0.05, 0) is 31.1 Å². The van der Waals surface area contributed by atoms with E-state index in [1.54, 1.807) is 4.68 Å². The maximum atomic E-state index is 10.7. The van der Waals surface area contributed by atoms with E-state index in [1.165, 1.54) is 63.8 Å². The zero-order valence-electron chi connectivity index (χ0n) is 16.1. The summed E-state index contributed by atoms with van der Waals surface area (Å²) in [4.78, 5) is 17.2. The summed E-state index contributed by atoms with van der Waals surface area (Å²) in [5, 5.41) is 18.2. The molecule has 1 aliphatic carbocycles. The molecular weight excluding hydrogens is 459 g/mol. The van der Waals surface area contributed by atoms with Crippen LogP contribution in [0.15, 0.2) is 17.4 Å². The summed E-state index contributed by atoms with van der Waals surface area (Å²) in [5.74, 6) is 0.940. The van der Waals surface area contributed by atoms with Gasteiger partial charge in [0.2, 0.25) is 0 Å². The topological polar surface area (TPSA) is 88.6 Å². The number of hydrogen-bond acceptors (Lipinski definition) is 4. The minimum Gasteiger partial charge on any atom is -0.354 e. The molecule has 2 aliphatic rings. The number of aromatic nitrogens is 2. The van der Waals surface area contributed by atoms with Gasteiger partial charge in [-0.3, -0.25) is 19.8 Å². The van der Waals surface area contributed by atoms with Gasteiger partial charge in [0, 0.05) is 26.7 Å². The number of aliphatic imine (C=N–C) groups is 1. The van der Waals surface area contributed by atoms with Crippen LogP contribution in [-0.2, 0) is 6.54 Å². The highest BCUT2D eigenvalue weighted by Gasteiger charge is 2.36. The van der Waals surface area contributed by atoms with Crippen molar-refractivity contribution >= 4 is 35.6 Å². The second kappa shape index (κ2) is 10.2. The number of piperidine rings is 1. The van der Waals surface area contributed by atoms with E-state index >= 15 is 0 Å². The van der Waals surface area contributed by atoms with Crippen molar-refractivity contribution in [2.75, 3.05) is 26.7 Å². The van der Waals surface area contributed by atoms with Gasteiger partial charge in [-0.1, -0.05) is 25.7 Å². The molecule has 2 fully saturated rings. The van der Waals surface area contributed by atoms with Crippen LogP contribution < -0.4 is 5.32 Å². The monoisotopic (exact) mass is 490 g/mol. The molecule has 27 heavy (non-hydrogen) atoms. The van der Waals surface area contributed by atoms with Gasteiger partial charge < -0.3 is 10.2 Å². The van der Waals surface area contributed by atoms with Crippen molar-refractivity contribution in [2.24, 2.45) is 10.4 Å². The maximum Gasteiger partial charge on any atom is 0.306 e. The van der Waals surface area contributed by atoms with E-state index in [0.717, 1.165) is 19.0 Å². The van der Waals surface area contributed by atoms with E-state index in [9.17, 15) is 10.1 Å². The van der Waals surface area contributed by atoms with Crippen molar-refractivity contribution in [1.29, 1.82) is 0 Å². The van der Waals surface area contributed by atoms with Crippen LogP contribution in [0.3, 0.4) is 0 Å². The van der Waals surface area contributed by atoms with Crippen molar-refractivity contribution < 1.29 is 4.92 Å². The summed E-state index contributed by atoms with van der Waals surface area (Å²) in [6.07, 6.45) is 13.5. The molecule has 152 valence electrons. The van der Waals surface area contributed by atoms with Gasteiger partial charge in [-0.2, -0.15) is 5.10 Å². The number of rotatable bonds is 4. The van der Waals surface area contributed by atoms with Gasteiger partial charge >= 0.3 is 5.69 Å². The number of likely N-dealkylation sites (tertiary alicyclic amines) is 1. The lowest BCUT2D eigenvalue weighted by Crippen LogP contribution is -2.51. The standard InChI is InChI=1S/C18H30N6O2.HI/c1-19-17(20-10-12-23-14-16(13-21-23)24(25)26)22-11-6-9-18(15-22)7-4-2-3-5-8-18;/h13-14H,2-12,15H2,1H3,(H,19,20);1H. The lowest BCUT2D eigenvalue weighted by molar-refractivity contribution is -0.385. The van der Waals surface area contributed by atoms with Gasteiger partial charge in [0.25, 0.3) is 0 Å². The number of nitrogens with zero attached hydrogens (tertiary/aromatic N) is 5. The SMILES string of the molecule is CN=C(NCCn1cc([N+](=O)[O-])cn1)N1CCCC2(CCCCCC2)C1.I. The van der Waals surface area contributed by atoms with Crippen molar-refractivity contribution in [3.63, 3.8) is 0 Å². The molecule has 1 aromatic rings. The van der Waals surface area contributed by atoms with Crippen molar-refractivity contribution in [3.8, 4) is 0 Å². The van der Waals surface area contributed by atoms with E-state index in [2.05, 4.69) is 20.3 Å². The quantitative estimate of drug-likeness (QED) is 0.230. The Bertz CT molecular complexity index is 640. The molecule has 1 spiro atoms. The molecule has 9 heteroatoms. The van der Waals surface area contributed by atoms with Gasteiger partial charge in [0.1, 0.15) is 12.4 Å². The van der Waals surface area contributed by atoms with E-state index < -0.39 is 4.92 Å². The van der Waals surface area contributed by atoms with Crippen LogP contribution in [0.1, 0.15) is 51.4 Å². The number of nitro groups is 1. The second-order valence-electron chi connectivity index (χ2n) is 7.63. The van der Waals surface area contributed by atoms with E-state index in [4.69, 9.17) is 0 Å². The predicted octanol–water partition coefficient (Wildman–Crippen LogP) is 3.42. The third kappa shape index (κ3) is 5.79. The van der Waals surface area contributed by atoms with Gasteiger partial charge in [0.05, 0.1) is 11.5 Å². The molecule has 0 unspecified atom stereocenters. The van der Waals surface area contributed by atoms with E-state index in [1.807, 2.05) is 7.05 Å². The smallest absolute Gasteiger partial charge is 0.306 e. The molecule has 1 saturated heterocycles. The molecule has 3 rings (SSSR count). The van der Waals surface area contributed by atoms with Gasteiger partial charge in [-0.25, -0.2) is 0 Å². The summed E-state index contributed by atoms with van der Waals surface area (Å²) in [7, 11) is 1.83. The average Bonchev–Trinajstić information content (AvgIpc) is 3.01. The fraction of sp³-hybridized carbons (Fsp3) is 0.778. The first kappa shape index (κ1) is 21.9. The van der Waals surface area contributed by atoms with Crippen LogP contribution in [0.2, 0.25) is 0 Å². The number of nitrogens with one attached hydrogen (secondary N) is 1. The Morgan fingerprint density at radius 2 is 2.00 bits per heavy atom. The first-order valence-corrected chi connectivity index (χ1v) is 9.74. The van der Waals surface area contributed by atoms with Crippen LogP contribution in [0.4, 0.5) is 5.69 Å². The Morgan fingerprint density at radius 1 is 1.30 bits per heavy atom. The first-order chi connectivity index (χ1) is 12.6. The molecule has 1 N–H and O–H groups in total. The molecule has 0 atom stereocenters. The molecule has 8 nitrogen and oxygen atoms in total. The van der Waals surface area contributed by atoms with Crippen molar-refractivity contribution in [2.45, 2.75) is 57.9 Å². The normalized spacial score (nSPS) is 20.0. The zero-order valence-corrected chi connectivity index (χ0v) is 18.4. The fourth-order valence-electron chi connectivity index (χ4n) is 4.46. The predicted molar refractivity (Wildman–Crippen MR) is 117 cm³/mol. The lowest BCUT2D eigenvalue weighted by atomic mass is 9.74. The zero-order chi connectivity index (χ0) is 18.4. The number of guanidine groups is 1. The molecule has 0 amide bonds. The Morgan fingerprint density at radius 3 is 2.63 bits per heavy atom. The molecular formula is C18H31IN6O2. The Kier molecular flexibility index (Phi) is 8.30. The molecule has 1 saturated carbocycles. The third-order valence-corrected chi connectivity index (χ3v) is 5.79. The van der Waals surface area contributed by atoms with Crippen molar-refractivity contribution in [3.05, 3.63) is 22.5 Å². The lowest BCUT2D eigenvalue weighted by Gasteiger charge is -2.44. The first-order valence-electron chi connectivity index (χ1n) is 9.74. The van der Waals surface area contributed by atoms with Crippen molar-refractivity contribution in [1.82, 2.24) is 20.0 Å². The van der Waals surface area contributed by atoms with E-state index in [0.29, 0.717) is 18.5 Å². The van der Waals surface area contributed by atoms with Crippen LogP contribution >= 0.6 is 24.0 Å².